The number of carbonyl (C=O) groups excluding carboxylic acids is 6. The summed E-state index contributed by atoms with van der Waals surface area (Å²) in [7, 11) is 0. The third kappa shape index (κ3) is 16.5. The van der Waals surface area contributed by atoms with Gasteiger partial charge >= 0.3 is 0 Å². The average Bonchev–Trinajstić information content (AvgIpc) is 3.50. The van der Waals surface area contributed by atoms with Crippen molar-refractivity contribution in [1.29, 1.82) is 0 Å². The van der Waals surface area contributed by atoms with E-state index in [1.54, 1.807) is 0 Å². The molecule has 0 unspecified atom stereocenters. The van der Waals surface area contributed by atoms with Gasteiger partial charge in [0, 0.05) is 86.7 Å². The molecule has 5 N–H and O–H groups in total. The molecule has 2 saturated carbocycles. The quantitative estimate of drug-likeness (QED) is 0.0657. The van der Waals surface area contributed by atoms with Gasteiger partial charge < -0.3 is 36.4 Å². The lowest BCUT2D eigenvalue weighted by atomic mass is 9.76. The summed E-state index contributed by atoms with van der Waals surface area (Å²) < 4.78 is 0. The van der Waals surface area contributed by atoms with Crippen molar-refractivity contribution in [1.82, 2.24) is 24.9 Å². The van der Waals surface area contributed by atoms with Gasteiger partial charge in [0.15, 0.2) is 0 Å². The van der Waals surface area contributed by atoms with Gasteiger partial charge in [-0.05, 0) is 129 Å². The van der Waals surface area contributed by atoms with E-state index in [0.29, 0.717) is 95.3 Å². The molecule has 2 aliphatic heterocycles. The van der Waals surface area contributed by atoms with E-state index < -0.39 is 6.04 Å². The first-order valence-corrected chi connectivity index (χ1v) is 31.0. The zero-order chi connectivity index (χ0) is 57.4. The number of amides is 5. The highest BCUT2D eigenvalue weighted by atomic mass is 16.2. The molecule has 7 atom stereocenters. The monoisotopic (exact) mass is 1100 g/mol. The Labute approximate surface area is 483 Å². The van der Waals surface area contributed by atoms with Crippen LogP contribution < -0.4 is 16.8 Å². The molecular weight excluding hydrogens is 1010 g/mol. The highest BCUT2D eigenvalue weighted by Gasteiger charge is 2.42. The third-order valence-electron chi connectivity index (χ3n) is 18.5. The smallest absolute Gasteiger partial charge is 0.253 e. The van der Waals surface area contributed by atoms with Crippen molar-refractivity contribution in [3.63, 3.8) is 0 Å². The van der Waals surface area contributed by atoms with Crippen molar-refractivity contribution in [3.8, 4) is 11.1 Å². The van der Waals surface area contributed by atoms with Crippen LogP contribution in [0.3, 0.4) is 0 Å². The number of benzene rings is 4. The van der Waals surface area contributed by atoms with Crippen LogP contribution in [0, 0.1) is 29.6 Å². The maximum Gasteiger partial charge on any atom is 0.253 e. The molecule has 436 valence electrons. The van der Waals surface area contributed by atoms with Gasteiger partial charge in [-0.3, -0.25) is 28.8 Å². The molecule has 4 aliphatic rings. The Kier molecular flexibility index (Phi) is 22.3. The van der Waals surface area contributed by atoms with Crippen LogP contribution in [0.15, 0.2) is 109 Å². The Morgan fingerprint density at radius 2 is 0.988 bits per heavy atom. The van der Waals surface area contributed by atoms with Crippen molar-refractivity contribution in [2.75, 3.05) is 39.3 Å². The summed E-state index contributed by atoms with van der Waals surface area (Å²) in [6.07, 6.45) is 14.9. The van der Waals surface area contributed by atoms with Crippen LogP contribution in [-0.2, 0) is 32.0 Å². The predicted molar refractivity (Wildman–Crippen MR) is 322 cm³/mol. The fourth-order valence-electron chi connectivity index (χ4n) is 13.1. The Balaban J connectivity index is 1.00. The minimum Gasteiger partial charge on any atom is -0.344 e. The van der Waals surface area contributed by atoms with Gasteiger partial charge in [0.25, 0.3) is 11.8 Å². The summed E-state index contributed by atoms with van der Waals surface area (Å²) in [4.78, 5) is 93.8. The molecule has 4 fully saturated rings. The minimum atomic E-state index is -0.614. The van der Waals surface area contributed by atoms with Crippen molar-refractivity contribution >= 4 is 35.3 Å². The number of nitrogens with one attached hydrogen (secondary N) is 1. The molecule has 13 heteroatoms. The predicted octanol–water partition coefficient (Wildman–Crippen LogP) is 10.3. The van der Waals surface area contributed by atoms with E-state index in [2.05, 4.69) is 29.6 Å². The molecule has 5 amide bonds. The van der Waals surface area contributed by atoms with Gasteiger partial charge in [0.05, 0.1) is 12.1 Å². The fourth-order valence-corrected chi connectivity index (χ4v) is 13.1. The Hall–Kier alpha value is -6.18. The molecule has 0 radical (unpaired) electrons. The summed E-state index contributed by atoms with van der Waals surface area (Å²) in [6.45, 7) is 10.2. The molecule has 8 rings (SSSR count). The first kappa shape index (κ1) is 60.9. The number of hydrogen-bond donors (Lipinski definition) is 3. The van der Waals surface area contributed by atoms with Gasteiger partial charge in [-0.2, -0.15) is 0 Å². The van der Waals surface area contributed by atoms with Crippen molar-refractivity contribution in [3.05, 3.63) is 131 Å². The maximum absolute atomic E-state index is 14.9. The number of piperidine rings is 2. The molecule has 13 nitrogen and oxygen atoms in total. The molecule has 0 aromatic heterocycles. The van der Waals surface area contributed by atoms with Gasteiger partial charge in [0.1, 0.15) is 11.8 Å². The van der Waals surface area contributed by atoms with Crippen LogP contribution in [0.2, 0.25) is 0 Å². The molecule has 0 bridgehead atoms. The van der Waals surface area contributed by atoms with Gasteiger partial charge in [0.2, 0.25) is 17.7 Å². The van der Waals surface area contributed by atoms with Crippen LogP contribution in [-0.4, -0.2) is 124 Å². The lowest BCUT2D eigenvalue weighted by Gasteiger charge is -2.43. The van der Waals surface area contributed by atoms with E-state index in [1.165, 1.54) is 0 Å². The largest absolute Gasteiger partial charge is 0.344 e. The van der Waals surface area contributed by atoms with E-state index in [0.717, 1.165) is 86.5 Å². The van der Waals surface area contributed by atoms with Crippen LogP contribution >= 0.6 is 0 Å². The first-order valence-electron chi connectivity index (χ1n) is 31.0. The topological polar surface area (TPSA) is 179 Å². The van der Waals surface area contributed by atoms with E-state index in [1.807, 2.05) is 132 Å². The van der Waals surface area contributed by atoms with Crippen molar-refractivity contribution in [2.45, 2.75) is 173 Å². The molecule has 0 spiro atoms. The highest BCUT2D eigenvalue weighted by Crippen LogP contribution is 2.36. The summed E-state index contributed by atoms with van der Waals surface area (Å²) in [5.74, 6) is -0.728. The summed E-state index contributed by atoms with van der Waals surface area (Å²) in [5.41, 5.74) is 18.4. The molecule has 81 heavy (non-hydrogen) atoms. The van der Waals surface area contributed by atoms with Gasteiger partial charge in [-0.25, -0.2) is 0 Å². The number of rotatable bonds is 23. The van der Waals surface area contributed by atoms with E-state index in [9.17, 15) is 28.8 Å². The third-order valence-corrected chi connectivity index (χ3v) is 18.5. The summed E-state index contributed by atoms with van der Waals surface area (Å²) in [6, 6.07) is 34.0. The molecular formula is C68H93N7O6. The van der Waals surface area contributed by atoms with Crippen LogP contribution in [0.1, 0.15) is 162 Å². The maximum atomic E-state index is 14.9. The van der Waals surface area contributed by atoms with Gasteiger partial charge in [-0.15, -0.1) is 0 Å². The summed E-state index contributed by atoms with van der Waals surface area (Å²) >= 11 is 0. The second-order valence-corrected chi connectivity index (χ2v) is 24.6. The zero-order valence-electron chi connectivity index (χ0n) is 49.0. The normalized spacial score (nSPS) is 21.2. The average molecular weight is 1100 g/mol. The summed E-state index contributed by atoms with van der Waals surface area (Å²) in [5, 5.41) is 3.21. The number of nitrogens with zero attached hydrogens (tertiary/aromatic N) is 4. The number of nitrogens with two attached hydrogens (primary N) is 2. The number of hydrogen-bond acceptors (Lipinski definition) is 8. The number of likely N-dealkylation sites (tertiary alicyclic amines) is 2. The second-order valence-electron chi connectivity index (χ2n) is 24.6. The Bertz CT molecular complexity index is 2670. The first-order chi connectivity index (χ1) is 39.2. The number of Topliss-reactive ketones (excluding diaryl/α,β-unsaturated/α-hetero) is 1. The SMILES string of the molecule is CC[C@@H](C)C(=O)N[C@H](C(=O)N1CC[C@@H](N)C[C@H]1CN(CCc1ccccc1)C(=O)c1ccc(-c2ccc(C(=O)N(CCc3ccccc3)C[C@@H]3C[C@H](N)CCN3C(=O)[C@@H](CC(=O)C(C)C)C3CCCCC3)cc2)cc1)C1CCCCC1. The van der Waals surface area contributed by atoms with Crippen LogP contribution in [0.25, 0.3) is 11.1 Å². The fraction of sp³-hybridized carbons (Fsp3) is 0.559. The lowest BCUT2D eigenvalue weighted by molar-refractivity contribution is -0.145. The molecule has 2 saturated heterocycles. The van der Waals surface area contributed by atoms with Crippen LogP contribution in [0.5, 0.6) is 0 Å². The Morgan fingerprint density at radius 1 is 0.556 bits per heavy atom. The lowest BCUT2D eigenvalue weighted by Crippen LogP contribution is -2.61. The number of carbonyl (C=O) groups is 6. The van der Waals surface area contributed by atoms with E-state index in [4.69, 9.17) is 11.5 Å². The minimum absolute atomic E-state index is 0.0377. The zero-order valence-corrected chi connectivity index (χ0v) is 49.0. The van der Waals surface area contributed by atoms with Crippen LogP contribution in [0.4, 0.5) is 0 Å². The van der Waals surface area contributed by atoms with Gasteiger partial charge in [-0.1, -0.05) is 151 Å². The molecule has 4 aromatic rings. The molecule has 2 heterocycles. The second kappa shape index (κ2) is 29.7. The van der Waals surface area contributed by atoms with Crippen molar-refractivity contribution in [2.24, 2.45) is 41.1 Å². The molecule has 2 aliphatic carbocycles. The highest BCUT2D eigenvalue weighted by molar-refractivity contribution is 5.96. The Morgan fingerprint density at radius 3 is 1.42 bits per heavy atom. The van der Waals surface area contributed by atoms with Crippen molar-refractivity contribution < 1.29 is 28.8 Å². The van der Waals surface area contributed by atoms with E-state index in [-0.39, 0.29) is 95.5 Å². The van der Waals surface area contributed by atoms with E-state index >= 15 is 0 Å². The molecule has 4 aromatic carbocycles. The standard InChI is InChI=1S/C68H93N7O6/c1-5-48(4)64(77)71-63(54-24-16-9-17-25-54)68(81)75-41-37-58(70)43-60(75)46-73(39-35-50-20-12-7-13-21-50)66(79)56-32-28-52(29-33-56)51-26-30-55(31-27-51)65(78)72(38-34-49-18-10-6-11-19-49)45-59-42-57(69)36-40-74(59)67(80)61(44-62(76)47(2)3)53-22-14-8-15-23-53/h6-7,10-13,18-21,26-33,47-48,53-54,57-61,63H,5,8-9,14-17,22-25,34-46,69-70H2,1-4H3,(H,71,77)/t48-,57-,58-,59+,60+,61+,63+/m1/s1. The number of ketones is 1.